The van der Waals surface area contributed by atoms with E-state index in [0.29, 0.717) is 6.10 Å². The van der Waals surface area contributed by atoms with Gasteiger partial charge in [0, 0.05) is 19.6 Å². The lowest BCUT2D eigenvalue weighted by atomic mass is 10.2. The lowest BCUT2D eigenvalue weighted by Crippen LogP contribution is -2.36. The molecule has 2 rings (SSSR count). The van der Waals surface area contributed by atoms with Crippen LogP contribution in [0.1, 0.15) is 13.8 Å². The van der Waals surface area contributed by atoms with Gasteiger partial charge in [0.05, 0.1) is 24.1 Å². The van der Waals surface area contributed by atoms with E-state index in [1.54, 1.807) is 0 Å². The van der Waals surface area contributed by atoms with E-state index in [0.717, 1.165) is 26.2 Å². The van der Waals surface area contributed by atoms with E-state index in [1.165, 1.54) is 11.4 Å². The summed E-state index contributed by atoms with van der Waals surface area (Å²) in [5, 5.41) is 3.41. The number of anilines is 2. The summed E-state index contributed by atoms with van der Waals surface area (Å²) < 4.78 is 5.60. The maximum Gasteiger partial charge on any atom is 0.0645 e. The van der Waals surface area contributed by atoms with Gasteiger partial charge in [0.2, 0.25) is 0 Å². The molecule has 0 amide bonds. The Bertz CT molecular complexity index is 338. The smallest absolute Gasteiger partial charge is 0.0645 e. The second-order valence-electron chi connectivity index (χ2n) is 4.35. The van der Waals surface area contributed by atoms with Crippen LogP contribution in [-0.4, -0.2) is 32.3 Å². The van der Waals surface area contributed by atoms with Gasteiger partial charge in [-0.3, -0.25) is 0 Å². The lowest BCUT2D eigenvalue weighted by Gasteiger charge is -2.32. The third-order valence-electron chi connectivity index (χ3n) is 2.75. The van der Waals surface area contributed by atoms with Gasteiger partial charge < -0.3 is 15.0 Å². The van der Waals surface area contributed by atoms with Gasteiger partial charge in [0.1, 0.15) is 0 Å². The molecule has 1 aliphatic heterocycles. The molecule has 0 saturated heterocycles. The molecular formula is C13H20N2O. The minimum absolute atomic E-state index is 0.318. The van der Waals surface area contributed by atoms with Crippen molar-refractivity contribution in [1.29, 1.82) is 0 Å². The molecule has 0 unspecified atom stereocenters. The number of para-hydroxylation sites is 2. The second-order valence-corrected chi connectivity index (χ2v) is 4.35. The number of ether oxygens (including phenoxy) is 1. The van der Waals surface area contributed by atoms with Crippen LogP contribution in [-0.2, 0) is 4.74 Å². The fourth-order valence-corrected chi connectivity index (χ4v) is 1.98. The molecule has 0 radical (unpaired) electrons. The maximum atomic E-state index is 5.60. The first kappa shape index (κ1) is 11.3. The van der Waals surface area contributed by atoms with Gasteiger partial charge >= 0.3 is 0 Å². The highest BCUT2D eigenvalue weighted by Crippen LogP contribution is 2.27. The van der Waals surface area contributed by atoms with Crippen LogP contribution in [0.2, 0.25) is 0 Å². The summed E-state index contributed by atoms with van der Waals surface area (Å²) >= 11 is 0. The van der Waals surface area contributed by atoms with Crippen LogP contribution in [0, 0.1) is 0 Å². The Morgan fingerprint density at radius 1 is 1.38 bits per heavy atom. The number of nitrogens with zero attached hydrogens (tertiary/aromatic N) is 1. The normalized spacial score (nSPS) is 14.8. The zero-order valence-electron chi connectivity index (χ0n) is 10.1. The fraction of sp³-hybridized carbons (Fsp3) is 0.538. The average Bonchev–Trinajstić information content (AvgIpc) is 2.29. The first-order valence-corrected chi connectivity index (χ1v) is 5.97. The zero-order valence-corrected chi connectivity index (χ0v) is 10.1. The van der Waals surface area contributed by atoms with Crippen LogP contribution in [0.5, 0.6) is 0 Å². The van der Waals surface area contributed by atoms with Crippen LogP contribution in [0.3, 0.4) is 0 Å². The van der Waals surface area contributed by atoms with Crippen molar-refractivity contribution in [3.8, 4) is 0 Å². The van der Waals surface area contributed by atoms with Crippen molar-refractivity contribution in [1.82, 2.24) is 0 Å². The quantitative estimate of drug-likeness (QED) is 0.843. The maximum absolute atomic E-state index is 5.60. The van der Waals surface area contributed by atoms with E-state index < -0.39 is 0 Å². The van der Waals surface area contributed by atoms with Gasteiger partial charge in [0.15, 0.2) is 0 Å². The molecule has 1 aromatic carbocycles. The van der Waals surface area contributed by atoms with Gasteiger partial charge in [-0.1, -0.05) is 12.1 Å². The predicted octanol–water partition coefficient (Wildman–Crippen LogP) is 2.34. The van der Waals surface area contributed by atoms with E-state index in [4.69, 9.17) is 4.74 Å². The number of benzene rings is 1. The summed E-state index contributed by atoms with van der Waals surface area (Å²) in [5.74, 6) is 0. The Balaban J connectivity index is 1.96. The fourth-order valence-electron chi connectivity index (χ4n) is 1.98. The van der Waals surface area contributed by atoms with Crippen LogP contribution in [0.25, 0.3) is 0 Å². The van der Waals surface area contributed by atoms with E-state index >= 15 is 0 Å². The molecule has 1 heterocycles. The van der Waals surface area contributed by atoms with Crippen LogP contribution >= 0.6 is 0 Å². The summed E-state index contributed by atoms with van der Waals surface area (Å²) in [6.45, 7) is 7.98. The first-order chi connectivity index (χ1) is 7.77. The molecule has 16 heavy (non-hydrogen) atoms. The Labute approximate surface area is 97.4 Å². The number of rotatable bonds is 4. The largest absolute Gasteiger partial charge is 0.382 e. The molecule has 0 saturated carbocycles. The van der Waals surface area contributed by atoms with Crippen LogP contribution in [0.4, 0.5) is 11.4 Å². The molecule has 0 fully saturated rings. The van der Waals surface area contributed by atoms with E-state index in [-0.39, 0.29) is 0 Å². The van der Waals surface area contributed by atoms with E-state index in [1.807, 2.05) is 0 Å². The summed E-state index contributed by atoms with van der Waals surface area (Å²) in [5.41, 5.74) is 2.53. The van der Waals surface area contributed by atoms with Crippen molar-refractivity contribution in [3.05, 3.63) is 24.3 Å². The van der Waals surface area contributed by atoms with Crippen LogP contribution < -0.4 is 10.2 Å². The summed E-state index contributed by atoms with van der Waals surface area (Å²) in [7, 11) is 0. The first-order valence-electron chi connectivity index (χ1n) is 5.97. The van der Waals surface area contributed by atoms with Gasteiger partial charge in [-0.25, -0.2) is 0 Å². The van der Waals surface area contributed by atoms with Gasteiger partial charge in [-0.05, 0) is 26.0 Å². The molecule has 0 aromatic heterocycles. The molecule has 3 nitrogen and oxygen atoms in total. The standard InChI is InChI=1S/C13H20N2O/c1-11(2)16-10-9-15-8-7-14-12-5-3-4-6-13(12)15/h3-6,11,14H,7-10H2,1-2H3. The molecule has 0 atom stereocenters. The average molecular weight is 220 g/mol. The van der Waals surface area contributed by atoms with Crippen molar-refractivity contribution >= 4 is 11.4 Å². The minimum Gasteiger partial charge on any atom is -0.382 e. The summed E-state index contributed by atoms with van der Waals surface area (Å²) in [6.07, 6.45) is 0.318. The van der Waals surface area contributed by atoms with Crippen molar-refractivity contribution in [2.24, 2.45) is 0 Å². The molecule has 88 valence electrons. The van der Waals surface area contributed by atoms with Crippen LogP contribution in [0.15, 0.2) is 24.3 Å². The van der Waals surface area contributed by atoms with Crippen molar-refractivity contribution in [2.45, 2.75) is 20.0 Å². The van der Waals surface area contributed by atoms with Gasteiger partial charge in [-0.15, -0.1) is 0 Å². The summed E-state index contributed by atoms with van der Waals surface area (Å²) in [6, 6.07) is 8.45. The Kier molecular flexibility index (Phi) is 3.67. The van der Waals surface area contributed by atoms with E-state index in [9.17, 15) is 0 Å². The Morgan fingerprint density at radius 3 is 3.00 bits per heavy atom. The third kappa shape index (κ3) is 2.67. The molecular weight excluding hydrogens is 200 g/mol. The molecule has 1 N–H and O–H groups in total. The molecule has 0 spiro atoms. The SMILES string of the molecule is CC(C)OCCN1CCNc2ccccc21. The molecule has 0 bridgehead atoms. The number of hydrogen-bond donors (Lipinski definition) is 1. The molecule has 1 aliphatic rings. The predicted molar refractivity (Wildman–Crippen MR) is 68.2 cm³/mol. The summed E-state index contributed by atoms with van der Waals surface area (Å²) in [4.78, 5) is 2.38. The Morgan fingerprint density at radius 2 is 2.19 bits per heavy atom. The van der Waals surface area contributed by atoms with Gasteiger partial charge in [0.25, 0.3) is 0 Å². The van der Waals surface area contributed by atoms with E-state index in [2.05, 4.69) is 48.3 Å². The number of nitrogens with one attached hydrogen (secondary N) is 1. The highest BCUT2D eigenvalue weighted by Gasteiger charge is 2.14. The van der Waals surface area contributed by atoms with Crippen molar-refractivity contribution in [3.63, 3.8) is 0 Å². The number of fused-ring (bicyclic) bond motifs is 1. The molecule has 3 heteroatoms. The topological polar surface area (TPSA) is 24.5 Å². The van der Waals surface area contributed by atoms with Crippen molar-refractivity contribution < 1.29 is 4.74 Å². The monoisotopic (exact) mass is 220 g/mol. The third-order valence-corrected chi connectivity index (χ3v) is 2.75. The van der Waals surface area contributed by atoms with Crippen molar-refractivity contribution in [2.75, 3.05) is 36.5 Å². The zero-order chi connectivity index (χ0) is 11.4. The molecule has 0 aliphatic carbocycles. The second kappa shape index (κ2) is 5.21. The number of hydrogen-bond acceptors (Lipinski definition) is 3. The molecule has 1 aromatic rings. The highest BCUT2D eigenvalue weighted by molar-refractivity contribution is 5.71. The Hall–Kier alpha value is -1.22. The minimum atomic E-state index is 0.318. The van der Waals surface area contributed by atoms with Gasteiger partial charge in [-0.2, -0.15) is 0 Å². The lowest BCUT2D eigenvalue weighted by molar-refractivity contribution is 0.0841. The highest BCUT2D eigenvalue weighted by atomic mass is 16.5.